The van der Waals surface area contributed by atoms with Gasteiger partial charge in [0.25, 0.3) is 0 Å². The molecule has 1 unspecified atom stereocenters. The van der Waals surface area contributed by atoms with Gasteiger partial charge in [-0.2, -0.15) is 0 Å². The van der Waals surface area contributed by atoms with Crippen LogP contribution >= 0.6 is 0 Å². The molecule has 0 bridgehead atoms. The summed E-state index contributed by atoms with van der Waals surface area (Å²) in [5, 5.41) is 0. The van der Waals surface area contributed by atoms with Crippen molar-refractivity contribution in [3.05, 3.63) is 29.6 Å². The number of methoxy groups -OCH3 is 1. The summed E-state index contributed by atoms with van der Waals surface area (Å²) in [7, 11) is 1.61. The minimum Gasteiger partial charge on any atom is -0.382 e. The lowest BCUT2D eigenvalue weighted by atomic mass is 9.95. The zero-order chi connectivity index (χ0) is 13.9. The number of ether oxygens (including phenoxy) is 1. The van der Waals surface area contributed by atoms with E-state index in [0.717, 1.165) is 24.9 Å². The van der Waals surface area contributed by atoms with E-state index in [4.69, 9.17) is 10.5 Å². The van der Waals surface area contributed by atoms with E-state index in [2.05, 4.69) is 16.8 Å². The number of aromatic nitrogens is 1. The van der Waals surface area contributed by atoms with Crippen LogP contribution in [0.25, 0.3) is 0 Å². The van der Waals surface area contributed by atoms with Crippen molar-refractivity contribution in [3.63, 3.8) is 0 Å². The summed E-state index contributed by atoms with van der Waals surface area (Å²) in [6.45, 7) is 3.95. The summed E-state index contributed by atoms with van der Waals surface area (Å²) in [4.78, 5) is 18.2. The maximum absolute atomic E-state index is 11.9. The third-order valence-electron chi connectivity index (χ3n) is 3.97. The molecule has 19 heavy (non-hydrogen) atoms. The van der Waals surface area contributed by atoms with Crippen molar-refractivity contribution in [3.8, 4) is 0 Å². The number of nitrogens with zero attached hydrogens (tertiary/aromatic N) is 2. The van der Waals surface area contributed by atoms with Gasteiger partial charge in [-0.3, -0.25) is 14.7 Å². The molecule has 1 atom stereocenters. The Morgan fingerprint density at radius 2 is 2.42 bits per heavy atom. The van der Waals surface area contributed by atoms with E-state index in [-0.39, 0.29) is 5.91 Å². The number of pyridine rings is 1. The van der Waals surface area contributed by atoms with Crippen molar-refractivity contribution < 1.29 is 9.53 Å². The minimum atomic E-state index is -0.670. The summed E-state index contributed by atoms with van der Waals surface area (Å²) >= 11 is 0. The van der Waals surface area contributed by atoms with Gasteiger partial charge in [0.2, 0.25) is 5.91 Å². The number of carbonyl (C=O) groups is 1. The van der Waals surface area contributed by atoms with E-state index in [9.17, 15) is 4.79 Å². The molecule has 5 heteroatoms. The summed E-state index contributed by atoms with van der Waals surface area (Å²) in [5.74, 6) is -0.298. The molecule has 5 nitrogen and oxygen atoms in total. The highest BCUT2D eigenvalue weighted by atomic mass is 16.5. The van der Waals surface area contributed by atoms with Crippen LogP contribution in [0.2, 0.25) is 0 Å². The van der Waals surface area contributed by atoms with Crippen LogP contribution in [0, 0.1) is 6.92 Å². The Bertz CT molecular complexity index is 464. The fourth-order valence-corrected chi connectivity index (χ4v) is 2.79. The van der Waals surface area contributed by atoms with E-state index in [0.29, 0.717) is 13.2 Å². The van der Waals surface area contributed by atoms with Gasteiger partial charge in [-0.25, -0.2) is 0 Å². The molecular weight excluding hydrogens is 242 g/mol. The van der Waals surface area contributed by atoms with Gasteiger partial charge in [-0.05, 0) is 43.5 Å². The average Bonchev–Trinajstić information content (AvgIpc) is 2.77. The highest BCUT2D eigenvalue weighted by molar-refractivity contribution is 5.85. The molecule has 0 aliphatic carbocycles. The van der Waals surface area contributed by atoms with Crippen molar-refractivity contribution in [2.75, 3.05) is 20.3 Å². The molecule has 104 valence electrons. The van der Waals surface area contributed by atoms with Gasteiger partial charge >= 0.3 is 0 Å². The Kier molecular flexibility index (Phi) is 4.17. The zero-order valence-electron chi connectivity index (χ0n) is 11.6. The van der Waals surface area contributed by atoms with Crippen molar-refractivity contribution in [2.45, 2.75) is 31.8 Å². The molecule has 0 aromatic carbocycles. The minimum absolute atomic E-state index is 0.298. The molecule has 1 fully saturated rings. The van der Waals surface area contributed by atoms with Gasteiger partial charge in [0, 0.05) is 26.0 Å². The van der Waals surface area contributed by atoms with E-state index in [1.165, 1.54) is 5.56 Å². The summed E-state index contributed by atoms with van der Waals surface area (Å²) in [6.07, 6.45) is 5.35. The van der Waals surface area contributed by atoms with Crippen LogP contribution in [0.15, 0.2) is 18.5 Å². The summed E-state index contributed by atoms with van der Waals surface area (Å²) in [5.41, 5.74) is 7.26. The number of aryl methyl sites for hydroxylation is 1. The number of likely N-dealkylation sites (tertiary alicyclic amines) is 1. The lowest BCUT2D eigenvalue weighted by Gasteiger charge is -2.35. The molecule has 2 heterocycles. The molecule has 2 rings (SSSR count). The monoisotopic (exact) mass is 263 g/mol. The maximum atomic E-state index is 11.9. The number of hydrogen-bond acceptors (Lipinski definition) is 4. The molecule has 1 aliphatic rings. The smallest absolute Gasteiger partial charge is 0.240 e. The van der Waals surface area contributed by atoms with Crippen LogP contribution in [0.3, 0.4) is 0 Å². The third kappa shape index (κ3) is 2.62. The SMILES string of the molecule is COCC1(C(N)=O)CCCN1Cc1cnccc1C. The number of amides is 1. The third-order valence-corrected chi connectivity index (χ3v) is 3.97. The Labute approximate surface area is 113 Å². The second-order valence-electron chi connectivity index (χ2n) is 5.16. The predicted molar refractivity (Wildman–Crippen MR) is 72.4 cm³/mol. The fourth-order valence-electron chi connectivity index (χ4n) is 2.79. The fraction of sp³-hybridized carbons (Fsp3) is 0.571. The highest BCUT2D eigenvalue weighted by Gasteiger charge is 2.46. The lowest BCUT2D eigenvalue weighted by molar-refractivity contribution is -0.132. The molecule has 1 aromatic heterocycles. The van der Waals surface area contributed by atoms with E-state index >= 15 is 0 Å². The van der Waals surface area contributed by atoms with Gasteiger partial charge in [0.05, 0.1) is 6.61 Å². The van der Waals surface area contributed by atoms with Gasteiger partial charge in [0.1, 0.15) is 5.54 Å². The zero-order valence-corrected chi connectivity index (χ0v) is 11.6. The molecule has 1 amide bonds. The highest BCUT2D eigenvalue weighted by Crippen LogP contribution is 2.31. The van der Waals surface area contributed by atoms with Crippen LogP contribution in [-0.2, 0) is 16.1 Å². The van der Waals surface area contributed by atoms with Gasteiger partial charge < -0.3 is 10.5 Å². The number of nitrogens with two attached hydrogens (primary N) is 1. The number of hydrogen-bond donors (Lipinski definition) is 1. The maximum Gasteiger partial charge on any atom is 0.240 e. The van der Waals surface area contributed by atoms with Crippen LogP contribution in [-0.4, -0.2) is 41.6 Å². The van der Waals surface area contributed by atoms with Crippen LogP contribution < -0.4 is 5.73 Å². The molecule has 2 N–H and O–H groups in total. The first kappa shape index (κ1) is 14.0. The van der Waals surface area contributed by atoms with Crippen molar-refractivity contribution >= 4 is 5.91 Å². The normalized spacial score (nSPS) is 23.7. The molecule has 0 saturated carbocycles. The van der Waals surface area contributed by atoms with Gasteiger partial charge in [0.15, 0.2) is 0 Å². The van der Waals surface area contributed by atoms with E-state index in [1.807, 2.05) is 12.3 Å². The second kappa shape index (κ2) is 5.67. The first-order valence-electron chi connectivity index (χ1n) is 6.53. The number of carbonyl (C=O) groups excluding carboxylic acids is 1. The number of rotatable bonds is 5. The summed E-state index contributed by atoms with van der Waals surface area (Å²) in [6, 6.07) is 1.98. The second-order valence-corrected chi connectivity index (χ2v) is 5.16. The van der Waals surface area contributed by atoms with Gasteiger partial charge in [-0.15, -0.1) is 0 Å². The Morgan fingerprint density at radius 3 is 3.05 bits per heavy atom. The standard InChI is InChI=1S/C14H21N3O2/c1-11-4-6-16-8-12(11)9-17-7-3-5-14(17,10-19-2)13(15)18/h4,6,8H,3,5,7,9-10H2,1-2H3,(H2,15,18). The Morgan fingerprint density at radius 1 is 1.63 bits per heavy atom. The first-order valence-corrected chi connectivity index (χ1v) is 6.53. The van der Waals surface area contributed by atoms with Crippen LogP contribution in [0.4, 0.5) is 0 Å². The first-order chi connectivity index (χ1) is 9.10. The molecule has 0 radical (unpaired) electrons. The molecule has 0 spiro atoms. The molecule has 1 aliphatic heterocycles. The van der Waals surface area contributed by atoms with Gasteiger partial charge in [-0.1, -0.05) is 0 Å². The largest absolute Gasteiger partial charge is 0.382 e. The lowest BCUT2D eigenvalue weighted by Crippen LogP contribution is -2.56. The summed E-state index contributed by atoms with van der Waals surface area (Å²) < 4.78 is 5.23. The molecular formula is C14H21N3O2. The predicted octanol–water partition coefficient (Wildman–Crippen LogP) is 0.856. The average molecular weight is 263 g/mol. The van der Waals surface area contributed by atoms with Crippen molar-refractivity contribution in [1.82, 2.24) is 9.88 Å². The number of primary amides is 1. The van der Waals surface area contributed by atoms with Crippen LogP contribution in [0.5, 0.6) is 0 Å². The van der Waals surface area contributed by atoms with E-state index in [1.54, 1.807) is 13.3 Å². The quantitative estimate of drug-likeness (QED) is 0.855. The van der Waals surface area contributed by atoms with Crippen molar-refractivity contribution in [2.24, 2.45) is 5.73 Å². The Hall–Kier alpha value is -1.46. The Balaban J connectivity index is 2.23. The van der Waals surface area contributed by atoms with Crippen LogP contribution in [0.1, 0.15) is 24.0 Å². The molecule has 1 aromatic rings. The molecule has 1 saturated heterocycles. The van der Waals surface area contributed by atoms with Crippen molar-refractivity contribution in [1.29, 1.82) is 0 Å². The topological polar surface area (TPSA) is 68.5 Å². The van der Waals surface area contributed by atoms with E-state index < -0.39 is 5.54 Å².